The molecule has 0 unspecified atom stereocenters. The minimum absolute atomic E-state index is 0.737. The van der Waals surface area contributed by atoms with Crippen LogP contribution in [0, 0.1) is 0 Å². The number of H-pyrrole nitrogens is 2. The van der Waals surface area contributed by atoms with Crippen molar-refractivity contribution >= 4 is 0 Å². The van der Waals surface area contributed by atoms with Crippen molar-refractivity contribution in [3.63, 3.8) is 0 Å². The average Bonchev–Trinajstić information content (AvgIpc) is 3.30. The highest BCUT2D eigenvalue weighted by molar-refractivity contribution is 5.68. The second-order valence-corrected chi connectivity index (χ2v) is 4.97. The molecule has 4 rings (SSSR count). The molecular formula is C18H14N4O. The van der Waals surface area contributed by atoms with Crippen molar-refractivity contribution in [3.05, 3.63) is 73.3 Å². The average molecular weight is 302 g/mol. The quantitative estimate of drug-likeness (QED) is 0.592. The van der Waals surface area contributed by atoms with E-state index in [9.17, 15) is 0 Å². The third-order valence-electron chi connectivity index (χ3n) is 3.50. The van der Waals surface area contributed by atoms with E-state index in [1.165, 1.54) is 0 Å². The molecule has 0 aliphatic heterocycles. The van der Waals surface area contributed by atoms with Crippen molar-refractivity contribution in [3.8, 4) is 34.3 Å². The van der Waals surface area contributed by atoms with E-state index in [2.05, 4.69) is 19.9 Å². The van der Waals surface area contributed by atoms with E-state index >= 15 is 0 Å². The van der Waals surface area contributed by atoms with Crippen LogP contribution in [0.3, 0.4) is 0 Å². The first kappa shape index (κ1) is 13.3. The predicted molar refractivity (Wildman–Crippen MR) is 88.1 cm³/mol. The Morgan fingerprint density at radius 2 is 1.13 bits per heavy atom. The Labute approximate surface area is 133 Å². The van der Waals surface area contributed by atoms with Crippen LogP contribution in [0.25, 0.3) is 22.8 Å². The molecule has 0 aliphatic rings. The summed E-state index contributed by atoms with van der Waals surface area (Å²) < 4.78 is 6.17. The molecule has 2 aromatic carbocycles. The number of nitrogens with one attached hydrogen (secondary N) is 2. The van der Waals surface area contributed by atoms with Crippen molar-refractivity contribution in [1.82, 2.24) is 19.9 Å². The van der Waals surface area contributed by atoms with Crippen molar-refractivity contribution in [2.45, 2.75) is 0 Å². The molecule has 23 heavy (non-hydrogen) atoms. The first-order valence-corrected chi connectivity index (χ1v) is 7.27. The minimum Gasteiger partial charge on any atom is -0.456 e. The molecule has 0 aliphatic carbocycles. The summed E-state index contributed by atoms with van der Waals surface area (Å²) in [6.07, 6.45) is 7.04. The van der Waals surface area contributed by atoms with Gasteiger partial charge >= 0.3 is 0 Å². The van der Waals surface area contributed by atoms with Gasteiger partial charge in [-0.1, -0.05) is 24.3 Å². The highest BCUT2D eigenvalue weighted by Crippen LogP contribution is 2.35. The topological polar surface area (TPSA) is 66.6 Å². The number of hydrogen-bond donors (Lipinski definition) is 2. The number of rotatable bonds is 4. The fraction of sp³-hybridized carbons (Fsp3) is 0. The van der Waals surface area contributed by atoms with Crippen LogP contribution in [0.4, 0.5) is 0 Å². The van der Waals surface area contributed by atoms with Gasteiger partial charge in [0.15, 0.2) is 0 Å². The number of hydrogen-bond acceptors (Lipinski definition) is 3. The SMILES string of the molecule is c1ccc(-c2ncc[nH]2)c(Oc2ccccc2-c2ncc[nH]2)c1. The highest BCUT2D eigenvalue weighted by atomic mass is 16.5. The Bertz CT molecular complexity index is 823. The van der Waals surface area contributed by atoms with E-state index in [-0.39, 0.29) is 0 Å². The van der Waals surface area contributed by atoms with Crippen molar-refractivity contribution in [1.29, 1.82) is 0 Å². The van der Waals surface area contributed by atoms with Gasteiger partial charge in [0.2, 0.25) is 0 Å². The van der Waals surface area contributed by atoms with Gasteiger partial charge in [-0.05, 0) is 24.3 Å². The normalized spacial score (nSPS) is 10.6. The Hall–Kier alpha value is -3.34. The molecule has 0 saturated heterocycles. The number of para-hydroxylation sites is 2. The molecule has 0 spiro atoms. The molecule has 4 aromatic rings. The molecule has 0 amide bonds. The van der Waals surface area contributed by atoms with E-state index in [0.717, 1.165) is 34.3 Å². The van der Waals surface area contributed by atoms with E-state index in [4.69, 9.17) is 4.74 Å². The molecule has 2 aromatic heterocycles. The first-order chi connectivity index (χ1) is 11.4. The van der Waals surface area contributed by atoms with Crippen LogP contribution in [0.1, 0.15) is 0 Å². The van der Waals surface area contributed by atoms with Crippen LogP contribution in [0.15, 0.2) is 73.3 Å². The summed E-state index contributed by atoms with van der Waals surface area (Å²) in [5, 5.41) is 0. The third-order valence-corrected chi connectivity index (χ3v) is 3.50. The third kappa shape index (κ3) is 2.60. The van der Waals surface area contributed by atoms with Crippen molar-refractivity contribution < 1.29 is 4.74 Å². The lowest BCUT2D eigenvalue weighted by molar-refractivity contribution is 0.485. The maximum absolute atomic E-state index is 6.17. The molecule has 112 valence electrons. The second kappa shape index (κ2) is 5.81. The summed E-state index contributed by atoms with van der Waals surface area (Å²) in [5.41, 5.74) is 1.82. The van der Waals surface area contributed by atoms with Crippen LogP contribution in [0.5, 0.6) is 11.5 Å². The predicted octanol–water partition coefficient (Wildman–Crippen LogP) is 4.26. The lowest BCUT2D eigenvalue weighted by Crippen LogP contribution is -1.92. The maximum Gasteiger partial charge on any atom is 0.141 e. The molecule has 5 nitrogen and oxygen atoms in total. The number of ether oxygens (including phenoxy) is 1. The molecule has 0 atom stereocenters. The first-order valence-electron chi connectivity index (χ1n) is 7.27. The van der Waals surface area contributed by atoms with Gasteiger partial charge in [0.1, 0.15) is 23.1 Å². The molecule has 0 saturated carbocycles. The smallest absolute Gasteiger partial charge is 0.141 e. The van der Waals surface area contributed by atoms with Gasteiger partial charge in [-0.25, -0.2) is 9.97 Å². The van der Waals surface area contributed by atoms with Crippen LogP contribution in [0.2, 0.25) is 0 Å². The Balaban J connectivity index is 1.76. The van der Waals surface area contributed by atoms with Crippen molar-refractivity contribution in [2.24, 2.45) is 0 Å². The number of nitrogens with zero attached hydrogens (tertiary/aromatic N) is 2. The zero-order chi connectivity index (χ0) is 15.5. The molecular weight excluding hydrogens is 288 g/mol. The lowest BCUT2D eigenvalue weighted by Gasteiger charge is -2.12. The Kier molecular flexibility index (Phi) is 3.37. The zero-order valence-electron chi connectivity index (χ0n) is 12.2. The van der Waals surface area contributed by atoms with Gasteiger partial charge in [-0.15, -0.1) is 0 Å². The van der Waals surface area contributed by atoms with E-state index in [0.29, 0.717) is 0 Å². The molecule has 2 N–H and O–H groups in total. The summed E-state index contributed by atoms with van der Waals surface area (Å²) in [4.78, 5) is 14.8. The van der Waals surface area contributed by atoms with Gasteiger partial charge in [0.25, 0.3) is 0 Å². The number of imidazole rings is 2. The van der Waals surface area contributed by atoms with Gasteiger partial charge in [-0.2, -0.15) is 0 Å². The largest absolute Gasteiger partial charge is 0.456 e. The number of aromatic nitrogens is 4. The molecule has 2 heterocycles. The fourth-order valence-electron chi connectivity index (χ4n) is 2.45. The molecule has 0 fully saturated rings. The number of aromatic amines is 2. The van der Waals surface area contributed by atoms with Crippen LogP contribution in [-0.4, -0.2) is 19.9 Å². The molecule has 0 bridgehead atoms. The summed E-state index contributed by atoms with van der Waals surface area (Å²) in [6.45, 7) is 0. The van der Waals surface area contributed by atoms with Crippen LogP contribution in [-0.2, 0) is 0 Å². The summed E-state index contributed by atoms with van der Waals surface area (Å²) >= 11 is 0. The minimum atomic E-state index is 0.737. The monoisotopic (exact) mass is 302 g/mol. The van der Waals surface area contributed by atoms with E-state index in [1.54, 1.807) is 24.8 Å². The Morgan fingerprint density at radius 3 is 1.57 bits per heavy atom. The second-order valence-electron chi connectivity index (χ2n) is 4.97. The lowest BCUT2D eigenvalue weighted by atomic mass is 10.1. The van der Waals surface area contributed by atoms with Gasteiger partial charge in [-0.3, -0.25) is 0 Å². The van der Waals surface area contributed by atoms with Crippen molar-refractivity contribution in [2.75, 3.05) is 0 Å². The van der Waals surface area contributed by atoms with Gasteiger partial charge < -0.3 is 14.7 Å². The van der Waals surface area contributed by atoms with Crippen LogP contribution >= 0.6 is 0 Å². The standard InChI is InChI=1S/C18H14N4O/c1-3-7-15(13(5-1)17-19-9-10-20-17)23-16-8-4-2-6-14(16)18-21-11-12-22-18/h1-12H,(H,19,20)(H,21,22). The van der Waals surface area contributed by atoms with Crippen LogP contribution < -0.4 is 4.74 Å². The summed E-state index contributed by atoms with van der Waals surface area (Å²) in [5.74, 6) is 3.02. The van der Waals surface area contributed by atoms with E-state index < -0.39 is 0 Å². The zero-order valence-corrected chi connectivity index (χ0v) is 12.2. The van der Waals surface area contributed by atoms with Gasteiger partial charge in [0.05, 0.1) is 11.1 Å². The maximum atomic E-state index is 6.17. The van der Waals surface area contributed by atoms with Gasteiger partial charge in [0, 0.05) is 24.8 Å². The summed E-state index contributed by atoms with van der Waals surface area (Å²) in [6, 6.07) is 15.6. The fourth-order valence-corrected chi connectivity index (χ4v) is 2.45. The summed E-state index contributed by atoms with van der Waals surface area (Å²) in [7, 11) is 0. The molecule has 5 heteroatoms. The highest BCUT2D eigenvalue weighted by Gasteiger charge is 2.12. The molecule has 0 radical (unpaired) electrons. The Morgan fingerprint density at radius 1 is 0.652 bits per heavy atom. The van der Waals surface area contributed by atoms with E-state index in [1.807, 2.05) is 48.5 Å². The number of benzene rings is 2.